The van der Waals surface area contributed by atoms with E-state index in [2.05, 4.69) is 65.5 Å². The molecule has 31 heavy (non-hydrogen) atoms. The normalized spacial score (nSPS) is 22.9. The van der Waals surface area contributed by atoms with E-state index in [0.717, 1.165) is 51.6 Å². The molecule has 2 aliphatic heterocycles. The molecule has 2 fully saturated rings. The molecular weight excluding hydrogens is 501 g/mol. The van der Waals surface area contributed by atoms with Crippen molar-refractivity contribution in [3.63, 3.8) is 0 Å². The smallest absolute Gasteiger partial charge is 0.191 e. The number of halogens is 1. The highest BCUT2D eigenvalue weighted by Crippen LogP contribution is 2.14. The second-order valence-electron chi connectivity index (χ2n) is 8.79. The average Bonchev–Trinajstić information content (AvgIpc) is 3.23. The highest BCUT2D eigenvalue weighted by Gasteiger charge is 2.21. The number of hydrogen-bond acceptors (Lipinski definition) is 4. The highest BCUT2D eigenvalue weighted by molar-refractivity contribution is 14.0. The first-order valence-electron chi connectivity index (χ1n) is 11.8. The molecule has 0 aromatic heterocycles. The van der Waals surface area contributed by atoms with E-state index in [1.165, 1.54) is 37.1 Å². The number of nitrogens with zero attached hydrogens (tertiary/aromatic N) is 3. The second kappa shape index (κ2) is 14.3. The van der Waals surface area contributed by atoms with Gasteiger partial charge in [0, 0.05) is 39.3 Å². The maximum Gasteiger partial charge on any atom is 0.191 e. The number of nitrogens with one attached hydrogen (secondary N) is 2. The van der Waals surface area contributed by atoms with E-state index in [1.54, 1.807) is 0 Å². The summed E-state index contributed by atoms with van der Waals surface area (Å²) in [6.07, 6.45) is 4.47. The minimum Gasteiger partial charge on any atom is -0.373 e. The number of rotatable bonds is 9. The molecule has 1 aromatic rings. The Morgan fingerprint density at radius 1 is 1.00 bits per heavy atom. The quantitative estimate of drug-likeness (QED) is 0.216. The van der Waals surface area contributed by atoms with Crippen molar-refractivity contribution in [2.45, 2.75) is 65.3 Å². The third kappa shape index (κ3) is 9.63. The van der Waals surface area contributed by atoms with Crippen LogP contribution in [0.2, 0.25) is 0 Å². The number of morpholine rings is 1. The molecule has 0 aliphatic carbocycles. The third-order valence-corrected chi connectivity index (χ3v) is 5.83. The summed E-state index contributed by atoms with van der Waals surface area (Å²) in [6.45, 7) is 15.7. The van der Waals surface area contributed by atoms with Crippen LogP contribution in [0.5, 0.6) is 0 Å². The predicted molar refractivity (Wildman–Crippen MR) is 140 cm³/mol. The van der Waals surface area contributed by atoms with Crippen LogP contribution in [-0.2, 0) is 17.8 Å². The molecule has 2 heterocycles. The molecule has 3 rings (SSSR count). The van der Waals surface area contributed by atoms with Gasteiger partial charge < -0.3 is 15.4 Å². The summed E-state index contributed by atoms with van der Waals surface area (Å²) in [5.41, 5.74) is 2.66. The van der Waals surface area contributed by atoms with Crippen LogP contribution in [0.15, 0.2) is 29.3 Å². The maximum atomic E-state index is 5.82. The highest BCUT2D eigenvalue weighted by atomic mass is 127. The molecule has 2 N–H and O–H groups in total. The van der Waals surface area contributed by atoms with Crippen molar-refractivity contribution in [1.29, 1.82) is 0 Å². The molecule has 2 atom stereocenters. The van der Waals surface area contributed by atoms with Gasteiger partial charge in [0.2, 0.25) is 0 Å². The molecule has 0 amide bonds. The Bertz CT molecular complexity index is 638. The minimum absolute atomic E-state index is 0. The number of likely N-dealkylation sites (tertiary alicyclic amines) is 1. The lowest BCUT2D eigenvalue weighted by Crippen LogP contribution is -2.46. The van der Waals surface area contributed by atoms with Crippen molar-refractivity contribution in [3.8, 4) is 0 Å². The van der Waals surface area contributed by atoms with Gasteiger partial charge in [-0.1, -0.05) is 24.3 Å². The standard InChI is InChI=1S/C24H41N5O.HI/c1-4-25-24(26-12-7-15-29-17-20(2)30-21(3)18-29)27-16-22-8-10-23(11-9-22)19-28-13-5-6-14-28;/h8-11,20-21H,4-7,12-19H2,1-3H3,(H2,25,26,27);1H. The van der Waals surface area contributed by atoms with Crippen molar-refractivity contribution in [2.24, 2.45) is 4.99 Å². The summed E-state index contributed by atoms with van der Waals surface area (Å²) in [6, 6.07) is 8.96. The van der Waals surface area contributed by atoms with Crippen LogP contribution < -0.4 is 10.6 Å². The van der Waals surface area contributed by atoms with Crippen LogP contribution >= 0.6 is 24.0 Å². The molecule has 0 bridgehead atoms. The van der Waals surface area contributed by atoms with E-state index in [-0.39, 0.29) is 24.0 Å². The summed E-state index contributed by atoms with van der Waals surface area (Å²) in [7, 11) is 0. The van der Waals surface area contributed by atoms with Gasteiger partial charge in [-0.2, -0.15) is 0 Å². The van der Waals surface area contributed by atoms with Crippen LogP contribution in [0.1, 0.15) is 51.2 Å². The van der Waals surface area contributed by atoms with Crippen LogP contribution in [0.25, 0.3) is 0 Å². The number of benzene rings is 1. The molecule has 0 radical (unpaired) electrons. The Morgan fingerprint density at radius 3 is 2.29 bits per heavy atom. The number of hydrogen-bond donors (Lipinski definition) is 2. The molecule has 2 saturated heterocycles. The summed E-state index contributed by atoms with van der Waals surface area (Å²) in [5, 5.41) is 6.85. The monoisotopic (exact) mass is 543 g/mol. The van der Waals surface area contributed by atoms with Crippen molar-refractivity contribution in [2.75, 3.05) is 45.8 Å². The summed E-state index contributed by atoms with van der Waals surface area (Å²) < 4.78 is 5.82. The van der Waals surface area contributed by atoms with Gasteiger partial charge in [0.1, 0.15) is 0 Å². The molecule has 6 nitrogen and oxygen atoms in total. The van der Waals surface area contributed by atoms with Crippen LogP contribution in [0, 0.1) is 0 Å². The van der Waals surface area contributed by atoms with E-state index in [0.29, 0.717) is 18.8 Å². The molecule has 2 aliphatic rings. The Balaban J connectivity index is 0.00000341. The lowest BCUT2D eigenvalue weighted by molar-refractivity contribution is -0.0679. The van der Waals surface area contributed by atoms with Crippen molar-refractivity contribution in [3.05, 3.63) is 35.4 Å². The zero-order valence-electron chi connectivity index (χ0n) is 19.6. The molecular formula is C24H42IN5O. The minimum atomic E-state index is 0. The van der Waals surface area contributed by atoms with E-state index in [1.807, 2.05) is 0 Å². The topological polar surface area (TPSA) is 52.1 Å². The fourth-order valence-electron chi connectivity index (χ4n) is 4.44. The predicted octanol–water partition coefficient (Wildman–Crippen LogP) is 3.45. The Hall–Kier alpha value is -0.900. The van der Waals surface area contributed by atoms with E-state index >= 15 is 0 Å². The Morgan fingerprint density at radius 2 is 1.65 bits per heavy atom. The molecule has 1 aromatic carbocycles. The number of guanidine groups is 1. The van der Waals surface area contributed by atoms with Crippen molar-refractivity contribution < 1.29 is 4.74 Å². The van der Waals surface area contributed by atoms with Gasteiger partial charge in [0.15, 0.2) is 5.96 Å². The first-order chi connectivity index (χ1) is 14.6. The SMILES string of the molecule is CCNC(=NCc1ccc(CN2CCCC2)cc1)NCCCN1CC(C)OC(C)C1.I. The first kappa shape index (κ1) is 26.4. The Labute approximate surface area is 206 Å². The van der Waals surface area contributed by atoms with E-state index in [9.17, 15) is 0 Å². The van der Waals surface area contributed by atoms with Crippen molar-refractivity contribution >= 4 is 29.9 Å². The van der Waals surface area contributed by atoms with Gasteiger partial charge in [-0.15, -0.1) is 24.0 Å². The van der Waals surface area contributed by atoms with Crippen LogP contribution in [0.3, 0.4) is 0 Å². The maximum absolute atomic E-state index is 5.82. The zero-order valence-corrected chi connectivity index (χ0v) is 21.9. The lowest BCUT2D eigenvalue weighted by Gasteiger charge is -2.35. The van der Waals surface area contributed by atoms with E-state index in [4.69, 9.17) is 9.73 Å². The fourth-order valence-corrected chi connectivity index (χ4v) is 4.44. The van der Waals surface area contributed by atoms with Gasteiger partial charge >= 0.3 is 0 Å². The Kier molecular flexibility index (Phi) is 12.1. The first-order valence-corrected chi connectivity index (χ1v) is 11.8. The fraction of sp³-hybridized carbons (Fsp3) is 0.708. The largest absolute Gasteiger partial charge is 0.373 e. The third-order valence-electron chi connectivity index (χ3n) is 5.83. The summed E-state index contributed by atoms with van der Waals surface area (Å²) >= 11 is 0. The van der Waals surface area contributed by atoms with E-state index < -0.39 is 0 Å². The lowest BCUT2D eigenvalue weighted by atomic mass is 10.1. The summed E-state index contributed by atoms with van der Waals surface area (Å²) in [5.74, 6) is 0.905. The molecule has 2 unspecified atom stereocenters. The van der Waals surface area contributed by atoms with Crippen molar-refractivity contribution in [1.82, 2.24) is 20.4 Å². The van der Waals surface area contributed by atoms with Crippen LogP contribution in [0.4, 0.5) is 0 Å². The molecule has 0 spiro atoms. The number of ether oxygens (including phenoxy) is 1. The van der Waals surface area contributed by atoms with Gasteiger partial charge in [0.05, 0.1) is 18.8 Å². The molecule has 176 valence electrons. The second-order valence-corrected chi connectivity index (χ2v) is 8.79. The van der Waals surface area contributed by atoms with Crippen LogP contribution in [-0.4, -0.2) is 73.8 Å². The average molecular weight is 544 g/mol. The van der Waals surface area contributed by atoms with Gasteiger partial charge in [-0.3, -0.25) is 9.80 Å². The molecule has 0 saturated carbocycles. The molecule has 7 heteroatoms. The van der Waals surface area contributed by atoms with Gasteiger partial charge in [-0.05, 0) is 64.3 Å². The van der Waals surface area contributed by atoms with Gasteiger partial charge in [-0.25, -0.2) is 4.99 Å². The zero-order chi connectivity index (χ0) is 21.2. The summed E-state index contributed by atoms with van der Waals surface area (Å²) in [4.78, 5) is 9.82. The number of aliphatic imine (C=N–C) groups is 1. The van der Waals surface area contributed by atoms with Gasteiger partial charge in [0.25, 0.3) is 0 Å².